The Bertz CT molecular complexity index is 293. The highest BCUT2D eigenvalue weighted by atomic mass is 16.5. The Kier molecular flexibility index (Phi) is 2.03. The molecule has 0 unspecified atom stereocenters. The van der Waals surface area contributed by atoms with Crippen LogP contribution >= 0.6 is 0 Å². The van der Waals surface area contributed by atoms with Crippen molar-refractivity contribution in [3.63, 3.8) is 0 Å². The molecule has 2 saturated carbocycles. The van der Waals surface area contributed by atoms with Gasteiger partial charge in [-0.2, -0.15) is 0 Å². The second kappa shape index (κ2) is 2.78. The maximum absolute atomic E-state index is 10.5. The van der Waals surface area contributed by atoms with Crippen LogP contribution in [0.2, 0.25) is 0 Å². The minimum Gasteiger partial charge on any atom is -0.464 e. The summed E-state index contributed by atoms with van der Waals surface area (Å²) in [5, 5.41) is 0. The van der Waals surface area contributed by atoms with E-state index in [2.05, 4.69) is 34.6 Å². The highest BCUT2D eigenvalue weighted by Gasteiger charge is 2.68. The van der Waals surface area contributed by atoms with Crippen LogP contribution in [0.3, 0.4) is 0 Å². The van der Waals surface area contributed by atoms with Crippen LogP contribution in [-0.2, 0) is 9.53 Å². The van der Waals surface area contributed by atoms with Gasteiger partial charge in [-0.25, -0.2) is 0 Å². The monoisotopic (exact) mass is 210 g/mol. The Morgan fingerprint density at radius 1 is 1.20 bits per heavy atom. The summed E-state index contributed by atoms with van der Waals surface area (Å²) in [4.78, 5) is 10.5. The zero-order valence-corrected chi connectivity index (χ0v) is 10.5. The minimum absolute atomic E-state index is 0.128. The molecule has 2 aliphatic rings. The van der Waals surface area contributed by atoms with Gasteiger partial charge in [0.25, 0.3) is 6.47 Å². The van der Waals surface area contributed by atoms with Crippen molar-refractivity contribution in [1.82, 2.24) is 0 Å². The molecule has 0 aromatic carbocycles. The van der Waals surface area contributed by atoms with E-state index in [4.69, 9.17) is 4.74 Å². The third kappa shape index (κ3) is 1.14. The van der Waals surface area contributed by atoms with Crippen LogP contribution in [0.15, 0.2) is 0 Å². The largest absolute Gasteiger partial charge is 0.464 e. The molecule has 2 bridgehead atoms. The SMILES string of the molecule is CC1(C)C[C@@]2(C)[C@H](OC=O)C[C@@H]1C2(C)C. The van der Waals surface area contributed by atoms with E-state index in [9.17, 15) is 4.79 Å². The summed E-state index contributed by atoms with van der Waals surface area (Å²) in [6.45, 7) is 12.3. The zero-order chi connectivity index (χ0) is 11.5. The molecule has 0 radical (unpaired) electrons. The average Bonchev–Trinajstić information content (AvgIpc) is 2.32. The molecule has 0 aliphatic heterocycles. The molecule has 0 amide bonds. The van der Waals surface area contributed by atoms with E-state index >= 15 is 0 Å². The predicted molar refractivity (Wildman–Crippen MR) is 59.3 cm³/mol. The van der Waals surface area contributed by atoms with Gasteiger partial charge in [-0.05, 0) is 29.6 Å². The van der Waals surface area contributed by atoms with E-state index in [0.29, 0.717) is 17.8 Å². The number of carbonyl (C=O) groups excluding carboxylic acids is 1. The van der Waals surface area contributed by atoms with Crippen LogP contribution in [0.4, 0.5) is 0 Å². The normalized spacial score (nSPS) is 45.4. The summed E-state index contributed by atoms with van der Waals surface area (Å²) in [5.74, 6) is 0.667. The summed E-state index contributed by atoms with van der Waals surface area (Å²) in [5.41, 5.74) is 0.827. The lowest BCUT2D eigenvalue weighted by Gasteiger charge is -2.39. The maximum atomic E-state index is 10.5. The highest BCUT2D eigenvalue weighted by molar-refractivity contribution is 5.38. The van der Waals surface area contributed by atoms with Gasteiger partial charge in [-0.1, -0.05) is 34.6 Å². The van der Waals surface area contributed by atoms with Crippen molar-refractivity contribution < 1.29 is 9.53 Å². The van der Waals surface area contributed by atoms with Crippen molar-refractivity contribution in [3.05, 3.63) is 0 Å². The van der Waals surface area contributed by atoms with E-state index in [1.54, 1.807) is 0 Å². The molecule has 86 valence electrons. The molecule has 2 aliphatic carbocycles. The second-order valence-corrected chi connectivity index (χ2v) is 6.81. The highest BCUT2D eigenvalue weighted by Crippen LogP contribution is 2.72. The molecule has 2 rings (SSSR count). The quantitative estimate of drug-likeness (QED) is 0.655. The first-order valence-electron chi connectivity index (χ1n) is 5.85. The van der Waals surface area contributed by atoms with Crippen LogP contribution in [0, 0.1) is 22.2 Å². The van der Waals surface area contributed by atoms with Gasteiger partial charge in [-0.3, -0.25) is 4.79 Å². The first kappa shape index (κ1) is 11.0. The van der Waals surface area contributed by atoms with E-state index in [0.717, 1.165) is 12.8 Å². The predicted octanol–water partition coefficient (Wildman–Crippen LogP) is 3.01. The number of ether oxygens (including phenoxy) is 1. The van der Waals surface area contributed by atoms with Crippen molar-refractivity contribution in [1.29, 1.82) is 0 Å². The van der Waals surface area contributed by atoms with Gasteiger partial charge in [0.05, 0.1) is 0 Å². The molecule has 15 heavy (non-hydrogen) atoms. The summed E-state index contributed by atoms with van der Waals surface area (Å²) >= 11 is 0. The number of hydrogen-bond donors (Lipinski definition) is 0. The number of fused-ring (bicyclic) bond motifs is 2. The summed E-state index contributed by atoms with van der Waals surface area (Å²) in [7, 11) is 0. The maximum Gasteiger partial charge on any atom is 0.293 e. The molecular formula is C13H22O2. The van der Waals surface area contributed by atoms with Gasteiger partial charge in [0, 0.05) is 5.41 Å². The molecule has 0 aromatic heterocycles. The van der Waals surface area contributed by atoms with Gasteiger partial charge in [-0.15, -0.1) is 0 Å². The third-order valence-corrected chi connectivity index (χ3v) is 5.49. The number of carbonyl (C=O) groups is 1. The Labute approximate surface area is 92.4 Å². The van der Waals surface area contributed by atoms with Crippen molar-refractivity contribution in [3.8, 4) is 0 Å². The Morgan fingerprint density at radius 3 is 2.13 bits per heavy atom. The van der Waals surface area contributed by atoms with Gasteiger partial charge in [0.2, 0.25) is 0 Å². The van der Waals surface area contributed by atoms with Crippen molar-refractivity contribution in [2.75, 3.05) is 0 Å². The molecule has 2 fully saturated rings. The molecule has 0 N–H and O–H groups in total. The lowest BCUT2D eigenvalue weighted by molar-refractivity contribution is -0.142. The Hall–Kier alpha value is -0.530. The standard InChI is InChI=1S/C13H22O2/c1-11(2)7-13(5)10(15-8-14)6-9(11)12(13,3)4/h8-10H,6-7H2,1-5H3/t9-,10+,13-/m0/s1. The first-order chi connectivity index (χ1) is 6.75. The first-order valence-corrected chi connectivity index (χ1v) is 5.85. The number of rotatable bonds is 2. The van der Waals surface area contributed by atoms with Crippen LogP contribution in [-0.4, -0.2) is 12.6 Å². The summed E-state index contributed by atoms with van der Waals surface area (Å²) in [6.07, 6.45) is 2.33. The molecule has 0 spiro atoms. The van der Waals surface area contributed by atoms with E-state index < -0.39 is 0 Å². The van der Waals surface area contributed by atoms with E-state index in [1.807, 2.05) is 0 Å². The Morgan fingerprint density at radius 2 is 1.80 bits per heavy atom. The Balaban J connectivity index is 2.37. The van der Waals surface area contributed by atoms with Crippen LogP contribution in [0.5, 0.6) is 0 Å². The third-order valence-electron chi connectivity index (χ3n) is 5.49. The second-order valence-electron chi connectivity index (χ2n) is 6.81. The van der Waals surface area contributed by atoms with Crippen molar-refractivity contribution in [2.24, 2.45) is 22.2 Å². The van der Waals surface area contributed by atoms with E-state index in [1.165, 1.54) is 0 Å². The molecule has 2 heteroatoms. The fourth-order valence-corrected chi connectivity index (χ4v) is 4.56. The van der Waals surface area contributed by atoms with Gasteiger partial charge < -0.3 is 4.74 Å². The lowest BCUT2D eigenvalue weighted by Crippen LogP contribution is -2.38. The van der Waals surface area contributed by atoms with Crippen LogP contribution in [0.25, 0.3) is 0 Å². The topological polar surface area (TPSA) is 26.3 Å². The van der Waals surface area contributed by atoms with Gasteiger partial charge in [0.1, 0.15) is 6.10 Å². The van der Waals surface area contributed by atoms with Gasteiger partial charge >= 0.3 is 0 Å². The molecular weight excluding hydrogens is 188 g/mol. The van der Waals surface area contributed by atoms with Crippen molar-refractivity contribution >= 4 is 6.47 Å². The smallest absolute Gasteiger partial charge is 0.293 e. The number of hydrogen-bond acceptors (Lipinski definition) is 2. The lowest BCUT2D eigenvalue weighted by atomic mass is 9.69. The molecule has 0 aromatic rings. The fraction of sp³-hybridized carbons (Fsp3) is 0.923. The molecule has 3 atom stereocenters. The molecule has 2 nitrogen and oxygen atoms in total. The molecule has 0 saturated heterocycles. The summed E-state index contributed by atoms with van der Waals surface area (Å²) in [6, 6.07) is 0. The molecule has 0 heterocycles. The van der Waals surface area contributed by atoms with E-state index in [-0.39, 0.29) is 16.9 Å². The fourth-order valence-electron chi connectivity index (χ4n) is 4.56. The average molecular weight is 210 g/mol. The minimum atomic E-state index is 0.128. The van der Waals surface area contributed by atoms with Crippen LogP contribution in [0.1, 0.15) is 47.5 Å². The van der Waals surface area contributed by atoms with Crippen LogP contribution < -0.4 is 0 Å². The summed E-state index contributed by atoms with van der Waals surface area (Å²) < 4.78 is 5.29. The van der Waals surface area contributed by atoms with Crippen molar-refractivity contribution in [2.45, 2.75) is 53.6 Å². The zero-order valence-electron chi connectivity index (χ0n) is 10.5. The van der Waals surface area contributed by atoms with Gasteiger partial charge in [0.15, 0.2) is 0 Å².